The first-order chi connectivity index (χ1) is 13.6. The number of aliphatic hydroxyl groups is 4. The van der Waals surface area contributed by atoms with Crippen LogP contribution in [0, 0.1) is 0 Å². The molecule has 0 unspecified atom stereocenters. The van der Waals surface area contributed by atoms with Crippen molar-refractivity contribution in [2.45, 2.75) is 82.5 Å². The predicted molar refractivity (Wildman–Crippen MR) is 104 cm³/mol. The van der Waals surface area contributed by atoms with Gasteiger partial charge in [-0.25, -0.2) is 0 Å². The van der Waals surface area contributed by atoms with E-state index in [1.807, 2.05) is 15.8 Å². The average Bonchev–Trinajstić information content (AvgIpc) is 3.12. The van der Waals surface area contributed by atoms with E-state index < -0.39 is 24.4 Å². The third-order valence-corrected chi connectivity index (χ3v) is 5.43. The minimum Gasteiger partial charge on any atom is -0.395 e. The Kier molecular flexibility index (Phi) is 10.3. The van der Waals surface area contributed by atoms with E-state index in [2.05, 4.69) is 10.3 Å². The van der Waals surface area contributed by atoms with Crippen LogP contribution in [-0.2, 0) is 17.9 Å². The van der Waals surface area contributed by atoms with Crippen molar-refractivity contribution >= 4 is 0 Å². The number of methoxy groups -OCH3 is 1. The maximum Gasteiger partial charge on any atom is 0.109 e. The number of aliphatic hydroxyl groups excluding tert-OH is 4. The lowest BCUT2D eigenvalue weighted by Crippen LogP contribution is -2.62. The van der Waals surface area contributed by atoms with Crippen LogP contribution < -0.4 is 0 Å². The van der Waals surface area contributed by atoms with Gasteiger partial charge in [0, 0.05) is 20.2 Å². The summed E-state index contributed by atoms with van der Waals surface area (Å²) in [7, 11) is 1.65. The molecule has 1 saturated heterocycles. The summed E-state index contributed by atoms with van der Waals surface area (Å²) in [4.78, 5) is 1.89. The minimum atomic E-state index is -1.18. The number of nitrogens with zero attached hydrogens (tertiary/aromatic N) is 4. The van der Waals surface area contributed by atoms with E-state index in [0.717, 1.165) is 44.3 Å². The number of hydrogen-bond acceptors (Lipinski definition) is 8. The lowest BCUT2D eigenvalue weighted by Gasteiger charge is -2.43. The van der Waals surface area contributed by atoms with Gasteiger partial charge in [0.1, 0.15) is 17.9 Å². The quantitative estimate of drug-likeness (QED) is 0.339. The van der Waals surface area contributed by atoms with Gasteiger partial charge in [0.15, 0.2) is 0 Å². The fraction of sp³-hybridized carbons (Fsp3) is 0.895. The largest absolute Gasteiger partial charge is 0.395 e. The van der Waals surface area contributed by atoms with Crippen molar-refractivity contribution in [3.63, 3.8) is 0 Å². The Morgan fingerprint density at radius 3 is 2.29 bits per heavy atom. The van der Waals surface area contributed by atoms with Crippen molar-refractivity contribution in [2.24, 2.45) is 0 Å². The summed E-state index contributed by atoms with van der Waals surface area (Å²) in [6.45, 7) is 2.16. The standard InChI is InChI=1S/C19H36N4O5/c1-28-14-15-11-23(21-20-15)10-8-6-4-2-3-5-7-9-22-12-17(25)19(27)18(26)16(22)13-24/h11,16-19,24-27H,2-10,12-14H2,1H3/t16-,17+,18-,19-/m1/s1. The molecule has 1 aliphatic rings. The lowest BCUT2D eigenvalue weighted by molar-refractivity contribution is -0.145. The van der Waals surface area contributed by atoms with Crippen LogP contribution in [0.15, 0.2) is 6.20 Å². The summed E-state index contributed by atoms with van der Waals surface area (Å²) in [6.07, 6.45) is 6.46. The molecule has 2 heterocycles. The molecule has 1 aliphatic heterocycles. The van der Waals surface area contributed by atoms with Crippen LogP contribution in [0.2, 0.25) is 0 Å². The number of ether oxygens (including phenoxy) is 1. The van der Waals surface area contributed by atoms with Gasteiger partial charge in [-0.05, 0) is 19.4 Å². The molecule has 28 heavy (non-hydrogen) atoms. The molecule has 0 amide bonds. The van der Waals surface area contributed by atoms with E-state index in [4.69, 9.17) is 4.74 Å². The number of aryl methyl sites for hydroxylation is 1. The highest BCUT2D eigenvalue weighted by Gasteiger charge is 2.40. The van der Waals surface area contributed by atoms with Gasteiger partial charge >= 0.3 is 0 Å². The molecular formula is C19H36N4O5. The van der Waals surface area contributed by atoms with E-state index in [1.165, 1.54) is 12.8 Å². The number of β-amino-alcohol motifs (C(OH)–C–C–N with tert-alkyl or cyclic N) is 1. The Hall–Kier alpha value is -1.10. The highest BCUT2D eigenvalue weighted by molar-refractivity contribution is 4.94. The summed E-state index contributed by atoms with van der Waals surface area (Å²) in [5.41, 5.74) is 0.856. The van der Waals surface area contributed by atoms with Crippen LogP contribution in [0.5, 0.6) is 0 Å². The van der Waals surface area contributed by atoms with Crippen LogP contribution in [0.3, 0.4) is 0 Å². The Morgan fingerprint density at radius 1 is 1.00 bits per heavy atom. The van der Waals surface area contributed by atoms with Crippen molar-refractivity contribution < 1.29 is 25.2 Å². The molecule has 0 aromatic carbocycles. The van der Waals surface area contributed by atoms with Gasteiger partial charge in [-0.15, -0.1) is 5.10 Å². The topological polar surface area (TPSA) is 124 Å². The maximum absolute atomic E-state index is 9.98. The zero-order valence-electron chi connectivity index (χ0n) is 16.9. The van der Waals surface area contributed by atoms with Crippen LogP contribution in [-0.4, -0.2) is 91.5 Å². The Balaban J connectivity index is 1.50. The second kappa shape index (κ2) is 12.5. The number of aromatic nitrogens is 3. The molecule has 0 radical (unpaired) electrons. The van der Waals surface area contributed by atoms with Gasteiger partial charge in [-0.1, -0.05) is 37.3 Å². The zero-order chi connectivity index (χ0) is 20.4. The molecule has 0 bridgehead atoms. The molecule has 2 rings (SSSR count). The monoisotopic (exact) mass is 400 g/mol. The number of rotatable bonds is 13. The van der Waals surface area contributed by atoms with E-state index in [-0.39, 0.29) is 13.2 Å². The van der Waals surface area contributed by atoms with Gasteiger partial charge in [0.05, 0.1) is 31.6 Å². The summed E-state index contributed by atoms with van der Waals surface area (Å²) in [5.74, 6) is 0. The third kappa shape index (κ3) is 7.06. The summed E-state index contributed by atoms with van der Waals surface area (Å²) in [5, 5.41) is 47.1. The maximum atomic E-state index is 9.98. The highest BCUT2D eigenvalue weighted by Crippen LogP contribution is 2.20. The number of unbranched alkanes of at least 4 members (excludes halogenated alkanes) is 6. The molecule has 0 saturated carbocycles. The normalized spacial score (nSPS) is 26.0. The number of piperidine rings is 1. The smallest absolute Gasteiger partial charge is 0.109 e. The third-order valence-electron chi connectivity index (χ3n) is 5.43. The zero-order valence-corrected chi connectivity index (χ0v) is 16.9. The van der Waals surface area contributed by atoms with Gasteiger partial charge in [0.25, 0.3) is 0 Å². The summed E-state index contributed by atoms with van der Waals surface area (Å²) in [6, 6.07) is -0.500. The van der Waals surface area contributed by atoms with Crippen LogP contribution >= 0.6 is 0 Å². The molecular weight excluding hydrogens is 364 g/mol. The molecule has 9 heteroatoms. The summed E-state index contributed by atoms with van der Waals surface area (Å²) < 4.78 is 6.90. The van der Waals surface area contributed by atoms with Gasteiger partial charge in [0.2, 0.25) is 0 Å². The molecule has 1 aromatic heterocycles. The second-order valence-corrected chi connectivity index (χ2v) is 7.67. The molecule has 1 fully saturated rings. The molecule has 1 aromatic rings. The fourth-order valence-corrected chi connectivity index (χ4v) is 3.77. The van der Waals surface area contributed by atoms with E-state index in [9.17, 15) is 20.4 Å². The molecule has 9 nitrogen and oxygen atoms in total. The second-order valence-electron chi connectivity index (χ2n) is 7.67. The van der Waals surface area contributed by atoms with Crippen molar-refractivity contribution in [2.75, 3.05) is 26.8 Å². The van der Waals surface area contributed by atoms with E-state index in [0.29, 0.717) is 13.2 Å². The fourth-order valence-electron chi connectivity index (χ4n) is 3.77. The van der Waals surface area contributed by atoms with Crippen molar-refractivity contribution in [1.29, 1.82) is 0 Å². The Labute approximate surface area is 166 Å². The van der Waals surface area contributed by atoms with Crippen LogP contribution in [0.4, 0.5) is 0 Å². The number of hydrogen-bond donors (Lipinski definition) is 4. The predicted octanol–water partition coefficient (Wildman–Crippen LogP) is -0.0856. The van der Waals surface area contributed by atoms with Crippen molar-refractivity contribution in [1.82, 2.24) is 19.9 Å². The van der Waals surface area contributed by atoms with Gasteiger partial charge in [-0.3, -0.25) is 9.58 Å². The summed E-state index contributed by atoms with van der Waals surface area (Å²) >= 11 is 0. The first-order valence-electron chi connectivity index (χ1n) is 10.3. The molecule has 0 spiro atoms. The first-order valence-corrected chi connectivity index (χ1v) is 10.3. The van der Waals surface area contributed by atoms with Crippen LogP contribution in [0.1, 0.15) is 50.6 Å². The minimum absolute atomic E-state index is 0.219. The molecule has 0 aliphatic carbocycles. The van der Waals surface area contributed by atoms with E-state index >= 15 is 0 Å². The highest BCUT2D eigenvalue weighted by atomic mass is 16.5. The van der Waals surface area contributed by atoms with Crippen molar-refractivity contribution in [3.8, 4) is 0 Å². The molecule has 162 valence electrons. The average molecular weight is 401 g/mol. The van der Waals surface area contributed by atoms with Crippen molar-refractivity contribution in [3.05, 3.63) is 11.9 Å². The van der Waals surface area contributed by atoms with E-state index in [1.54, 1.807) is 7.11 Å². The number of likely N-dealkylation sites (tertiary alicyclic amines) is 1. The van der Waals surface area contributed by atoms with Crippen LogP contribution in [0.25, 0.3) is 0 Å². The first kappa shape index (κ1) is 23.2. The Bertz CT molecular complexity index is 544. The lowest BCUT2D eigenvalue weighted by atomic mass is 9.94. The molecule has 4 N–H and O–H groups in total. The van der Waals surface area contributed by atoms with Gasteiger partial charge in [-0.2, -0.15) is 0 Å². The Morgan fingerprint density at radius 2 is 1.64 bits per heavy atom. The molecule has 4 atom stereocenters. The SMILES string of the molecule is COCc1cn(CCCCCCCCCN2C[C@H](O)[C@@H](O)[C@H](O)[C@H]2CO)nn1. The van der Waals surface area contributed by atoms with Gasteiger partial charge < -0.3 is 25.2 Å².